The molecule has 1 heterocycles. The highest BCUT2D eigenvalue weighted by molar-refractivity contribution is 5.74. The number of imidazole rings is 1. The number of aliphatic imine (C=N–C) groups is 1. The van der Waals surface area contributed by atoms with Gasteiger partial charge in [-0.2, -0.15) is 0 Å². The Morgan fingerprint density at radius 3 is 2.37 bits per heavy atom. The normalized spacial score (nSPS) is 11.6. The Kier molecular flexibility index (Phi) is 5.78. The van der Waals surface area contributed by atoms with Crippen molar-refractivity contribution in [2.24, 2.45) is 4.99 Å². The average Bonchev–Trinajstić information content (AvgIpc) is 3.05. The molecule has 6 nitrogen and oxygen atoms in total. The fourth-order valence-electron chi connectivity index (χ4n) is 2.65. The summed E-state index contributed by atoms with van der Waals surface area (Å²) < 4.78 is 3.48. The third-order valence-electron chi connectivity index (χ3n) is 4.10. The molecule has 0 saturated carbocycles. The van der Waals surface area contributed by atoms with Crippen LogP contribution in [-0.4, -0.2) is 16.4 Å². The lowest BCUT2D eigenvalue weighted by Crippen LogP contribution is -2.84. The number of amides is 1. The molecule has 0 atom stereocenters. The highest BCUT2D eigenvalue weighted by Gasteiger charge is 2.13. The van der Waals surface area contributed by atoms with Crippen LogP contribution in [0.5, 0.6) is 0 Å². The highest BCUT2D eigenvalue weighted by Crippen LogP contribution is 2.12. The van der Waals surface area contributed by atoms with Crippen LogP contribution in [0.3, 0.4) is 0 Å². The lowest BCUT2D eigenvalue weighted by atomic mass is 10.2. The third kappa shape index (κ3) is 5.62. The van der Waals surface area contributed by atoms with Gasteiger partial charge >= 0.3 is 5.91 Å². The molecule has 3 aromatic rings. The van der Waals surface area contributed by atoms with Crippen molar-refractivity contribution >= 4 is 23.2 Å². The predicted octanol–water partition coefficient (Wildman–Crippen LogP) is 0.905. The first-order valence-electron chi connectivity index (χ1n) is 8.78. The van der Waals surface area contributed by atoms with E-state index in [0.29, 0.717) is 5.69 Å². The second kappa shape index (κ2) is 8.42. The number of nitrogens with zero attached hydrogens (tertiary/aromatic N) is 3. The molecule has 0 aliphatic carbocycles. The number of aryl methyl sites for hydroxylation is 2. The average molecular weight is 363 g/mol. The van der Waals surface area contributed by atoms with E-state index in [1.54, 1.807) is 33.2 Å². The topological polar surface area (TPSA) is 77.9 Å². The van der Waals surface area contributed by atoms with Crippen LogP contribution in [0.2, 0.25) is 0 Å². The number of nitrogens with two attached hydrogens (primary N) is 1. The molecule has 2 aromatic carbocycles. The summed E-state index contributed by atoms with van der Waals surface area (Å²) in [5.74, 6) is -0.239. The molecular formula is C21H23N4O2+. The Bertz CT molecular complexity index is 941. The van der Waals surface area contributed by atoms with Crippen LogP contribution in [0, 0.1) is 13.8 Å². The molecule has 138 valence electrons. The van der Waals surface area contributed by atoms with E-state index in [1.807, 2.05) is 62.4 Å². The number of rotatable bonds is 6. The van der Waals surface area contributed by atoms with E-state index in [9.17, 15) is 9.90 Å². The molecule has 0 spiro atoms. The summed E-state index contributed by atoms with van der Waals surface area (Å²) in [4.78, 5) is 16.3. The first-order valence-corrected chi connectivity index (χ1v) is 8.78. The molecule has 1 aromatic heterocycles. The number of hydrogen-bond donors (Lipinski definition) is 1. The molecule has 0 aliphatic rings. The van der Waals surface area contributed by atoms with Gasteiger partial charge in [0.2, 0.25) is 12.9 Å². The van der Waals surface area contributed by atoms with Gasteiger partial charge in [-0.15, -0.1) is 0 Å². The van der Waals surface area contributed by atoms with E-state index in [0.717, 1.165) is 16.8 Å². The zero-order valence-corrected chi connectivity index (χ0v) is 15.5. The van der Waals surface area contributed by atoms with Gasteiger partial charge in [0.05, 0.1) is 5.69 Å². The Morgan fingerprint density at radius 1 is 1.07 bits per heavy atom. The van der Waals surface area contributed by atoms with E-state index in [4.69, 9.17) is 0 Å². The van der Waals surface area contributed by atoms with Gasteiger partial charge in [0.1, 0.15) is 24.6 Å². The number of quaternary nitrogens is 1. The smallest absolute Gasteiger partial charge is 0.357 e. The summed E-state index contributed by atoms with van der Waals surface area (Å²) in [6, 6.07) is 15.3. The van der Waals surface area contributed by atoms with Crippen LogP contribution in [0.1, 0.15) is 11.1 Å². The van der Waals surface area contributed by atoms with Crippen molar-refractivity contribution < 1.29 is 19.8 Å². The van der Waals surface area contributed by atoms with Crippen molar-refractivity contribution in [3.05, 3.63) is 78.4 Å². The maximum absolute atomic E-state index is 12.2. The summed E-state index contributed by atoms with van der Waals surface area (Å²) in [5, 5.41) is 13.7. The fraction of sp³-hybridized carbons (Fsp3) is 0.190. The van der Waals surface area contributed by atoms with Gasteiger partial charge in [0.15, 0.2) is 0 Å². The number of primary amides is 1. The van der Waals surface area contributed by atoms with Crippen molar-refractivity contribution in [3.8, 4) is 0 Å². The maximum atomic E-state index is 12.2. The van der Waals surface area contributed by atoms with Crippen LogP contribution in [0.4, 0.5) is 11.4 Å². The maximum Gasteiger partial charge on any atom is 0.357 e. The molecule has 0 radical (unpaired) electrons. The minimum Gasteiger partial charge on any atom is -0.859 e. The molecule has 27 heavy (non-hydrogen) atoms. The SMILES string of the molecule is Cc1ccc(N=C([O-])Cn2cc[n+](CC(=O)[NH2+]c3ccc(C)cc3)c2)cc1. The lowest BCUT2D eigenvalue weighted by Gasteiger charge is -2.07. The molecular weight excluding hydrogens is 340 g/mol. The molecule has 2 N–H and O–H groups in total. The van der Waals surface area contributed by atoms with Crippen LogP contribution < -0.4 is 15.0 Å². The first kappa shape index (κ1) is 18.5. The second-order valence-corrected chi connectivity index (χ2v) is 6.62. The molecule has 0 aliphatic heterocycles. The number of aromatic nitrogens is 2. The lowest BCUT2D eigenvalue weighted by molar-refractivity contribution is -0.696. The Labute approximate surface area is 158 Å². The van der Waals surface area contributed by atoms with E-state index in [2.05, 4.69) is 4.99 Å². The van der Waals surface area contributed by atoms with Crippen LogP contribution in [0.25, 0.3) is 0 Å². The van der Waals surface area contributed by atoms with Crippen molar-refractivity contribution in [1.29, 1.82) is 0 Å². The monoisotopic (exact) mass is 363 g/mol. The summed E-state index contributed by atoms with van der Waals surface area (Å²) in [5.41, 5.74) is 3.82. The van der Waals surface area contributed by atoms with Gasteiger partial charge in [0.25, 0.3) is 0 Å². The highest BCUT2D eigenvalue weighted by atomic mass is 16.3. The molecule has 0 bridgehead atoms. The van der Waals surface area contributed by atoms with E-state index in [1.165, 1.54) is 0 Å². The first-order chi connectivity index (χ1) is 13.0. The van der Waals surface area contributed by atoms with Gasteiger partial charge in [-0.1, -0.05) is 35.4 Å². The molecule has 1 amide bonds. The fourth-order valence-corrected chi connectivity index (χ4v) is 2.65. The summed E-state index contributed by atoms with van der Waals surface area (Å²) >= 11 is 0. The van der Waals surface area contributed by atoms with E-state index >= 15 is 0 Å². The molecule has 6 heteroatoms. The Morgan fingerprint density at radius 2 is 1.70 bits per heavy atom. The van der Waals surface area contributed by atoms with Crippen molar-refractivity contribution in [1.82, 2.24) is 4.57 Å². The van der Waals surface area contributed by atoms with Crippen molar-refractivity contribution in [2.75, 3.05) is 0 Å². The Balaban J connectivity index is 1.56. The number of carbonyl (C=O) groups is 1. The molecule has 0 unspecified atom stereocenters. The number of benzene rings is 2. The zero-order chi connectivity index (χ0) is 19.2. The minimum atomic E-state index is -0.237. The Hall–Kier alpha value is -3.25. The zero-order valence-electron chi connectivity index (χ0n) is 15.5. The van der Waals surface area contributed by atoms with E-state index in [-0.39, 0.29) is 24.9 Å². The van der Waals surface area contributed by atoms with Gasteiger partial charge < -0.3 is 5.11 Å². The van der Waals surface area contributed by atoms with Crippen LogP contribution >= 0.6 is 0 Å². The van der Waals surface area contributed by atoms with Gasteiger partial charge in [-0.3, -0.25) is 4.99 Å². The minimum absolute atomic E-state index is 0.00253. The van der Waals surface area contributed by atoms with Crippen LogP contribution in [0.15, 0.2) is 72.2 Å². The summed E-state index contributed by atoms with van der Waals surface area (Å²) in [7, 11) is 0. The quantitative estimate of drug-likeness (QED) is 0.306. The van der Waals surface area contributed by atoms with Gasteiger partial charge in [-0.25, -0.2) is 19.2 Å². The largest absolute Gasteiger partial charge is 0.859 e. The van der Waals surface area contributed by atoms with Crippen molar-refractivity contribution in [3.63, 3.8) is 0 Å². The van der Waals surface area contributed by atoms with Gasteiger partial charge in [0, 0.05) is 5.90 Å². The van der Waals surface area contributed by atoms with E-state index < -0.39 is 0 Å². The van der Waals surface area contributed by atoms with Crippen molar-refractivity contribution in [2.45, 2.75) is 26.9 Å². The second-order valence-electron chi connectivity index (χ2n) is 6.62. The van der Waals surface area contributed by atoms with Gasteiger partial charge in [-0.05, 0) is 38.1 Å². The summed E-state index contributed by atoms with van der Waals surface area (Å²) in [6.07, 6.45) is 5.28. The number of carbonyl (C=O) groups excluding carboxylic acids is 1. The van der Waals surface area contributed by atoms with Crippen LogP contribution in [-0.2, 0) is 17.9 Å². The molecule has 0 saturated heterocycles. The predicted molar refractivity (Wildman–Crippen MR) is 101 cm³/mol. The summed E-state index contributed by atoms with van der Waals surface area (Å²) in [6.45, 7) is 4.36. The third-order valence-corrected chi connectivity index (χ3v) is 4.10. The number of hydrogen-bond acceptors (Lipinski definition) is 3. The molecule has 0 fully saturated rings. The molecule has 3 rings (SSSR count). The standard InChI is InChI=1S/C21H22N4O2/c1-16-3-7-18(8-4-16)22-20(26)13-24-11-12-25(15-24)14-21(27)23-19-9-5-17(2)6-10-19/h3-12,15H,13-14H2,1-2H3,(H-,22,23,26,27)/p+1.